The van der Waals surface area contributed by atoms with E-state index in [1.54, 1.807) is 4.90 Å². The number of amides is 2. The van der Waals surface area contributed by atoms with Gasteiger partial charge in [-0.15, -0.1) is 11.3 Å². The molecule has 2 aromatic rings. The van der Waals surface area contributed by atoms with Crippen molar-refractivity contribution in [2.45, 2.75) is 12.8 Å². The Morgan fingerprint density at radius 1 is 1.48 bits per heavy atom. The molecule has 3 heterocycles. The number of nitrogens with one attached hydrogen (secondary N) is 2. The van der Waals surface area contributed by atoms with E-state index in [4.69, 9.17) is 0 Å². The van der Waals surface area contributed by atoms with Gasteiger partial charge >= 0.3 is 0 Å². The van der Waals surface area contributed by atoms with Crippen molar-refractivity contribution in [3.63, 3.8) is 0 Å². The first-order chi connectivity index (χ1) is 10.2. The van der Waals surface area contributed by atoms with Crippen LogP contribution in [0, 0.1) is 5.92 Å². The van der Waals surface area contributed by atoms with Crippen molar-refractivity contribution in [1.29, 1.82) is 0 Å². The van der Waals surface area contributed by atoms with Crippen LogP contribution in [0.1, 0.15) is 22.5 Å². The molecule has 2 N–H and O–H groups in total. The molecule has 2 amide bonds. The van der Waals surface area contributed by atoms with Crippen molar-refractivity contribution in [3.8, 4) is 0 Å². The molecule has 0 aromatic carbocycles. The Bertz CT molecular complexity index is 611. The van der Waals surface area contributed by atoms with Crippen LogP contribution in [0.2, 0.25) is 0 Å². The van der Waals surface area contributed by atoms with Gasteiger partial charge in [-0.3, -0.25) is 14.9 Å². The first-order valence-corrected chi connectivity index (χ1v) is 7.61. The maximum absolute atomic E-state index is 12.3. The number of carbonyl (C=O) groups excluding carboxylic acids is 2. The zero-order chi connectivity index (χ0) is 14.7. The highest BCUT2D eigenvalue weighted by Crippen LogP contribution is 2.21. The number of nitrogens with zero attached hydrogens (tertiary/aromatic N) is 3. The standard InChI is InChI=1S/C13H15N5O2S/c19-11(16-13-14-8-15-17-13)9-3-1-5-18(7-9)12(20)10-4-2-6-21-10/h2,4,6,8-9H,1,3,5,7H2,(H2,14,15,16,17,19)/t9-/m1/s1. The van der Waals surface area contributed by atoms with E-state index in [1.165, 1.54) is 17.7 Å². The lowest BCUT2D eigenvalue weighted by Gasteiger charge is -2.31. The number of aromatic amines is 1. The van der Waals surface area contributed by atoms with Crippen LogP contribution in [0.15, 0.2) is 23.8 Å². The number of carbonyl (C=O) groups is 2. The van der Waals surface area contributed by atoms with E-state index in [0.717, 1.165) is 12.8 Å². The summed E-state index contributed by atoms with van der Waals surface area (Å²) in [5, 5.41) is 10.8. The second kappa shape index (κ2) is 6.04. The molecule has 1 atom stereocenters. The molecule has 1 fully saturated rings. The third-order valence-electron chi connectivity index (χ3n) is 3.47. The molecular weight excluding hydrogens is 290 g/mol. The largest absolute Gasteiger partial charge is 0.337 e. The quantitative estimate of drug-likeness (QED) is 0.895. The second-order valence-corrected chi connectivity index (χ2v) is 5.84. The third kappa shape index (κ3) is 3.10. The van der Waals surface area contributed by atoms with Gasteiger partial charge in [-0.2, -0.15) is 10.1 Å². The van der Waals surface area contributed by atoms with Crippen LogP contribution in [0.25, 0.3) is 0 Å². The molecule has 8 heteroatoms. The minimum Gasteiger partial charge on any atom is -0.337 e. The number of hydrogen-bond acceptors (Lipinski definition) is 5. The first-order valence-electron chi connectivity index (χ1n) is 6.73. The van der Waals surface area contributed by atoms with Gasteiger partial charge in [0, 0.05) is 13.1 Å². The van der Waals surface area contributed by atoms with Crippen molar-refractivity contribution < 1.29 is 9.59 Å². The van der Waals surface area contributed by atoms with Crippen LogP contribution >= 0.6 is 11.3 Å². The molecule has 0 radical (unpaired) electrons. The summed E-state index contributed by atoms with van der Waals surface area (Å²) in [4.78, 5) is 30.8. The summed E-state index contributed by atoms with van der Waals surface area (Å²) in [6.07, 6.45) is 2.93. The molecule has 110 valence electrons. The Morgan fingerprint density at radius 2 is 2.38 bits per heavy atom. The van der Waals surface area contributed by atoms with Crippen molar-refractivity contribution in [1.82, 2.24) is 20.1 Å². The molecule has 7 nitrogen and oxygen atoms in total. The number of thiophene rings is 1. The Hall–Kier alpha value is -2.22. The molecule has 1 saturated heterocycles. The van der Waals surface area contributed by atoms with E-state index in [2.05, 4.69) is 20.5 Å². The fourth-order valence-electron chi connectivity index (χ4n) is 2.42. The highest BCUT2D eigenvalue weighted by molar-refractivity contribution is 7.12. The fraction of sp³-hybridized carbons (Fsp3) is 0.385. The van der Waals surface area contributed by atoms with Crippen LogP contribution in [0.5, 0.6) is 0 Å². The number of hydrogen-bond donors (Lipinski definition) is 2. The lowest BCUT2D eigenvalue weighted by molar-refractivity contribution is -0.121. The molecule has 0 spiro atoms. The molecule has 3 rings (SSSR count). The molecule has 1 aliphatic heterocycles. The van der Waals surface area contributed by atoms with Crippen molar-refractivity contribution in [3.05, 3.63) is 28.7 Å². The maximum Gasteiger partial charge on any atom is 0.263 e. The Balaban J connectivity index is 1.63. The van der Waals surface area contributed by atoms with E-state index in [1.807, 2.05) is 17.5 Å². The second-order valence-electron chi connectivity index (χ2n) is 4.89. The summed E-state index contributed by atoms with van der Waals surface area (Å²) in [6, 6.07) is 3.67. The van der Waals surface area contributed by atoms with Gasteiger partial charge in [0.2, 0.25) is 11.9 Å². The van der Waals surface area contributed by atoms with E-state index >= 15 is 0 Å². The van der Waals surface area contributed by atoms with Crippen LogP contribution in [0.3, 0.4) is 0 Å². The van der Waals surface area contributed by atoms with Gasteiger partial charge in [0.1, 0.15) is 6.33 Å². The number of likely N-dealkylation sites (tertiary alicyclic amines) is 1. The summed E-state index contributed by atoms with van der Waals surface area (Å²) in [6.45, 7) is 1.14. The third-order valence-corrected chi connectivity index (χ3v) is 4.33. The maximum atomic E-state index is 12.3. The molecule has 21 heavy (non-hydrogen) atoms. The minimum atomic E-state index is -0.215. The smallest absolute Gasteiger partial charge is 0.263 e. The molecule has 0 unspecified atom stereocenters. The van der Waals surface area contributed by atoms with E-state index in [-0.39, 0.29) is 17.7 Å². The molecular formula is C13H15N5O2S. The zero-order valence-corrected chi connectivity index (χ0v) is 12.1. The summed E-state index contributed by atoms with van der Waals surface area (Å²) in [7, 11) is 0. The Kier molecular flexibility index (Phi) is 3.96. The molecule has 1 aliphatic rings. The van der Waals surface area contributed by atoms with Crippen LogP contribution in [0.4, 0.5) is 5.95 Å². The van der Waals surface area contributed by atoms with E-state index in [9.17, 15) is 9.59 Å². The summed E-state index contributed by atoms with van der Waals surface area (Å²) < 4.78 is 0. The number of H-pyrrole nitrogens is 1. The summed E-state index contributed by atoms with van der Waals surface area (Å²) in [5.74, 6) is -0.00735. The monoisotopic (exact) mass is 305 g/mol. The van der Waals surface area contributed by atoms with Gasteiger partial charge in [-0.1, -0.05) is 6.07 Å². The lowest BCUT2D eigenvalue weighted by Crippen LogP contribution is -2.43. The van der Waals surface area contributed by atoms with Gasteiger partial charge < -0.3 is 4.90 Å². The number of anilines is 1. The fourth-order valence-corrected chi connectivity index (χ4v) is 3.11. The highest BCUT2D eigenvalue weighted by atomic mass is 32.1. The van der Waals surface area contributed by atoms with Crippen LogP contribution < -0.4 is 5.32 Å². The van der Waals surface area contributed by atoms with Crippen molar-refractivity contribution in [2.75, 3.05) is 18.4 Å². The van der Waals surface area contributed by atoms with E-state index < -0.39 is 0 Å². The SMILES string of the molecule is O=C(Nc1ncn[nH]1)[C@@H]1CCCN(C(=O)c2cccs2)C1. The topological polar surface area (TPSA) is 91.0 Å². The van der Waals surface area contributed by atoms with Gasteiger partial charge in [0.25, 0.3) is 5.91 Å². The number of aromatic nitrogens is 3. The van der Waals surface area contributed by atoms with Gasteiger partial charge in [-0.05, 0) is 24.3 Å². The average molecular weight is 305 g/mol. The first kappa shape index (κ1) is 13.7. The minimum absolute atomic E-state index is 0.00200. The van der Waals surface area contributed by atoms with Gasteiger partial charge in [-0.25, -0.2) is 5.10 Å². The van der Waals surface area contributed by atoms with Gasteiger partial charge in [0.05, 0.1) is 10.8 Å². The van der Waals surface area contributed by atoms with Crippen molar-refractivity contribution >= 4 is 29.1 Å². The predicted molar refractivity (Wildman–Crippen MR) is 78.0 cm³/mol. The Morgan fingerprint density at radius 3 is 3.10 bits per heavy atom. The number of piperidine rings is 1. The summed E-state index contributed by atoms with van der Waals surface area (Å²) in [5.41, 5.74) is 0. The molecule has 0 aliphatic carbocycles. The molecule has 0 saturated carbocycles. The van der Waals surface area contributed by atoms with Crippen LogP contribution in [-0.2, 0) is 4.79 Å². The zero-order valence-electron chi connectivity index (χ0n) is 11.3. The normalized spacial score (nSPS) is 18.5. The molecule has 0 bridgehead atoms. The van der Waals surface area contributed by atoms with Crippen LogP contribution in [-0.4, -0.2) is 45.0 Å². The molecule has 2 aromatic heterocycles. The predicted octanol–water partition coefficient (Wildman–Crippen LogP) is 1.36. The van der Waals surface area contributed by atoms with E-state index in [0.29, 0.717) is 23.9 Å². The van der Waals surface area contributed by atoms with Gasteiger partial charge in [0.15, 0.2) is 0 Å². The number of rotatable bonds is 3. The van der Waals surface area contributed by atoms with Crippen molar-refractivity contribution in [2.24, 2.45) is 5.92 Å². The Labute approximate surface area is 125 Å². The average Bonchev–Trinajstić information content (AvgIpc) is 3.20. The lowest BCUT2D eigenvalue weighted by atomic mass is 9.97. The highest BCUT2D eigenvalue weighted by Gasteiger charge is 2.29. The summed E-state index contributed by atoms with van der Waals surface area (Å²) >= 11 is 1.42.